The van der Waals surface area contributed by atoms with Crippen LogP contribution in [0.2, 0.25) is 10.0 Å². The molecule has 2 aromatic rings. The van der Waals surface area contributed by atoms with Crippen LogP contribution in [0.25, 0.3) is 0 Å². The van der Waals surface area contributed by atoms with Gasteiger partial charge in [-0.1, -0.05) is 45.2 Å². The minimum Gasteiger partial charge on any atom is -0.456 e. The van der Waals surface area contributed by atoms with Gasteiger partial charge in [-0.05, 0) is 35.9 Å². The first-order valence-corrected chi connectivity index (χ1v) is 7.16. The molecule has 0 aromatic heterocycles. The summed E-state index contributed by atoms with van der Waals surface area (Å²) in [6, 6.07) is 10.8. The van der Waals surface area contributed by atoms with Crippen LogP contribution in [-0.4, -0.2) is 0 Å². The number of rotatable bonds is 3. The van der Waals surface area contributed by atoms with Gasteiger partial charge in [0.05, 0.1) is 5.02 Å². The summed E-state index contributed by atoms with van der Waals surface area (Å²) in [6.07, 6.45) is 0. The Hall–Kier alpha value is -0.410. The highest BCUT2D eigenvalue weighted by Crippen LogP contribution is 2.33. The maximum Gasteiger partial charge on any atom is 0.146 e. The van der Waals surface area contributed by atoms with Crippen molar-refractivity contribution in [1.82, 2.24) is 0 Å². The summed E-state index contributed by atoms with van der Waals surface area (Å²) in [5.41, 5.74) is 0.868. The lowest BCUT2D eigenvalue weighted by Gasteiger charge is -2.09. The predicted octanol–water partition coefficient (Wildman–Crippen LogP) is 6.29. The Morgan fingerprint density at radius 1 is 1.00 bits per heavy atom. The molecule has 5 heteroatoms. The highest BCUT2D eigenvalue weighted by atomic mass is 79.9. The van der Waals surface area contributed by atoms with E-state index in [-0.39, 0.29) is 0 Å². The van der Waals surface area contributed by atoms with Crippen LogP contribution in [0.5, 0.6) is 11.5 Å². The number of hydrogen-bond acceptors (Lipinski definition) is 1. The first-order valence-electron chi connectivity index (χ1n) is 5.07. The van der Waals surface area contributed by atoms with Gasteiger partial charge in [-0.15, -0.1) is 11.6 Å². The normalized spacial score (nSPS) is 10.4. The van der Waals surface area contributed by atoms with E-state index in [1.54, 1.807) is 18.2 Å². The third-order valence-corrected chi connectivity index (χ3v) is 3.72. The molecule has 0 aliphatic heterocycles. The van der Waals surface area contributed by atoms with Crippen molar-refractivity contribution in [3.05, 3.63) is 56.5 Å². The van der Waals surface area contributed by atoms with Gasteiger partial charge < -0.3 is 4.74 Å². The van der Waals surface area contributed by atoms with Gasteiger partial charge in [0.25, 0.3) is 0 Å². The van der Waals surface area contributed by atoms with Crippen molar-refractivity contribution in [2.75, 3.05) is 0 Å². The van der Waals surface area contributed by atoms with Crippen molar-refractivity contribution in [1.29, 1.82) is 0 Å². The van der Waals surface area contributed by atoms with Crippen molar-refractivity contribution in [3.63, 3.8) is 0 Å². The minimum absolute atomic E-state index is 0.373. The van der Waals surface area contributed by atoms with E-state index >= 15 is 0 Å². The largest absolute Gasteiger partial charge is 0.456 e. The van der Waals surface area contributed by atoms with Gasteiger partial charge in [-0.2, -0.15) is 0 Å². The van der Waals surface area contributed by atoms with E-state index in [0.29, 0.717) is 27.4 Å². The van der Waals surface area contributed by atoms with Crippen LogP contribution >= 0.6 is 50.7 Å². The van der Waals surface area contributed by atoms with E-state index in [9.17, 15) is 0 Å². The van der Waals surface area contributed by atoms with Gasteiger partial charge in [0, 0.05) is 15.4 Å². The van der Waals surface area contributed by atoms with Gasteiger partial charge in [-0.25, -0.2) is 0 Å². The van der Waals surface area contributed by atoms with Crippen LogP contribution in [0.1, 0.15) is 5.56 Å². The molecule has 0 saturated carbocycles. The second-order valence-corrected chi connectivity index (χ2v) is 5.56. The number of halogens is 4. The number of benzene rings is 2. The SMILES string of the molecule is ClCc1ccc(Oc2ccc(Br)cc2Cl)cc1Cl. The molecule has 0 atom stereocenters. The monoisotopic (exact) mass is 364 g/mol. The molecule has 94 valence electrons. The van der Waals surface area contributed by atoms with E-state index < -0.39 is 0 Å². The molecule has 0 bridgehead atoms. The van der Waals surface area contributed by atoms with Crippen molar-refractivity contribution in [2.24, 2.45) is 0 Å². The van der Waals surface area contributed by atoms with Crippen molar-refractivity contribution in [2.45, 2.75) is 5.88 Å². The lowest BCUT2D eigenvalue weighted by molar-refractivity contribution is 0.482. The Morgan fingerprint density at radius 3 is 2.39 bits per heavy atom. The average molecular weight is 366 g/mol. The molecule has 0 fully saturated rings. The summed E-state index contributed by atoms with van der Waals surface area (Å²) in [5.74, 6) is 1.57. The summed E-state index contributed by atoms with van der Waals surface area (Å²) in [4.78, 5) is 0. The Morgan fingerprint density at radius 2 is 1.78 bits per heavy atom. The molecule has 18 heavy (non-hydrogen) atoms. The predicted molar refractivity (Wildman–Crippen MR) is 80.2 cm³/mol. The maximum atomic E-state index is 6.07. The van der Waals surface area contributed by atoms with Gasteiger partial charge in [0.2, 0.25) is 0 Å². The summed E-state index contributed by atoms with van der Waals surface area (Å²) >= 11 is 21.2. The number of ether oxygens (including phenoxy) is 1. The molecule has 0 heterocycles. The average Bonchev–Trinajstić information content (AvgIpc) is 2.33. The molecule has 0 N–H and O–H groups in total. The minimum atomic E-state index is 0.373. The van der Waals surface area contributed by atoms with Crippen LogP contribution in [0.3, 0.4) is 0 Å². The number of hydrogen-bond donors (Lipinski definition) is 0. The topological polar surface area (TPSA) is 9.23 Å². The molecule has 0 aliphatic carbocycles. The highest BCUT2D eigenvalue weighted by molar-refractivity contribution is 9.10. The van der Waals surface area contributed by atoms with E-state index in [1.165, 1.54) is 0 Å². The highest BCUT2D eigenvalue weighted by Gasteiger charge is 2.06. The molecule has 0 saturated heterocycles. The molecular formula is C13H8BrCl3O. The Bertz CT molecular complexity index is 572. The second kappa shape index (κ2) is 6.16. The van der Waals surface area contributed by atoms with Crippen LogP contribution in [0, 0.1) is 0 Å². The Balaban J connectivity index is 2.26. The Kier molecular flexibility index (Phi) is 4.79. The third-order valence-electron chi connectivity index (χ3n) is 2.29. The first kappa shape index (κ1) is 14.0. The summed E-state index contributed by atoms with van der Waals surface area (Å²) < 4.78 is 6.56. The van der Waals surface area contributed by atoms with Gasteiger partial charge >= 0.3 is 0 Å². The van der Waals surface area contributed by atoms with Crippen molar-refractivity contribution < 1.29 is 4.74 Å². The van der Waals surface area contributed by atoms with Crippen molar-refractivity contribution in [3.8, 4) is 11.5 Å². The summed E-state index contributed by atoms with van der Waals surface area (Å²) in [6.45, 7) is 0. The molecule has 1 nitrogen and oxygen atoms in total. The van der Waals surface area contributed by atoms with Gasteiger partial charge in [0.15, 0.2) is 0 Å². The quantitative estimate of drug-likeness (QED) is 0.580. The lowest BCUT2D eigenvalue weighted by Crippen LogP contribution is -1.87. The van der Waals surface area contributed by atoms with Crippen LogP contribution in [-0.2, 0) is 5.88 Å². The zero-order valence-corrected chi connectivity index (χ0v) is 12.9. The fourth-order valence-corrected chi connectivity index (χ4v) is 2.64. The van der Waals surface area contributed by atoms with E-state index in [1.807, 2.05) is 18.2 Å². The molecule has 2 aromatic carbocycles. The fourth-order valence-electron chi connectivity index (χ4n) is 1.38. The lowest BCUT2D eigenvalue weighted by atomic mass is 10.2. The summed E-state index contributed by atoms with van der Waals surface area (Å²) in [5, 5.41) is 1.11. The van der Waals surface area contributed by atoms with Gasteiger partial charge in [-0.3, -0.25) is 0 Å². The second-order valence-electron chi connectivity index (χ2n) is 3.56. The molecule has 0 spiro atoms. The van der Waals surface area contributed by atoms with E-state index in [0.717, 1.165) is 10.0 Å². The first-order chi connectivity index (χ1) is 8.60. The molecule has 0 amide bonds. The zero-order chi connectivity index (χ0) is 13.1. The number of alkyl halides is 1. The van der Waals surface area contributed by atoms with Crippen molar-refractivity contribution >= 4 is 50.7 Å². The zero-order valence-electron chi connectivity index (χ0n) is 9.09. The van der Waals surface area contributed by atoms with Gasteiger partial charge in [0.1, 0.15) is 11.5 Å². The maximum absolute atomic E-state index is 6.07. The third kappa shape index (κ3) is 3.33. The van der Waals surface area contributed by atoms with E-state index in [2.05, 4.69) is 15.9 Å². The molecule has 0 unspecified atom stereocenters. The van der Waals surface area contributed by atoms with Crippen LogP contribution in [0.15, 0.2) is 40.9 Å². The van der Waals surface area contributed by atoms with Crippen LogP contribution in [0.4, 0.5) is 0 Å². The van der Waals surface area contributed by atoms with Crippen LogP contribution < -0.4 is 4.74 Å². The summed E-state index contributed by atoms with van der Waals surface area (Å²) in [7, 11) is 0. The molecule has 2 rings (SSSR count). The Labute approximate surface area is 129 Å². The van der Waals surface area contributed by atoms with E-state index in [4.69, 9.17) is 39.5 Å². The molecular weight excluding hydrogens is 358 g/mol. The fraction of sp³-hybridized carbons (Fsp3) is 0.0769. The smallest absolute Gasteiger partial charge is 0.146 e. The molecule has 0 radical (unpaired) electrons. The standard InChI is InChI=1S/C13H8BrCl3O/c14-9-2-4-13(12(17)5-9)18-10-3-1-8(7-15)11(16)6-10/h1-6H,7H2. The molecule has 0 aliphatic rings.